The summed E-state index contributed by atoms with van der Waals surface area (Å²) in [6.07, 6.45) is 1.45. The van der Waals surface area contributed by atoms with E-state index in [4.69, 9.17) is 14.3 Å². The van der Waals surface area contributed by atoms with Crippen LogP contribution in [0.1, 0.15) is 25.0 Å². The molecule has 0 saturated heterocycles. The van der Waals surface area contributed by atoms with Crippen LogP contribution in [0.5, 0.6) is 0 Å². The molecule has 20 heavy (non-hydrogen) atoms. The van der Waals surface area contributed by atoms with E-state index in [1.165, 1.54) is 6.08 Å². The van der Waals surface area contributed by atoms with Crippen LogP contribution in [0.2, 0.25) is 0 Å². The Kier molecular flexibility index (Phi) is 6.15. The molecular formula is C14H15N2O3P. The number of nitrogens with zero attached hydrogens (tertiary/aromatic N) is 2. The molecule has 0 saturated carbocycles. The lowest BCUT2D eigenvalue weighted by atomic mass is 10.1. The Morgan fingerprint density at radius 2 is 1.75 bits per heavy atom. The van der Waals surface area contributed by atoms with Crippen LogP contribution in [-0.2, 0) is 13.6 Å². The lowest BCUT2D eigenvalue weighted by molar-refractivity contribution is 0.227. The van der Waals surface area contributed by atoms with Crippen LogP contribution in [0.15, 0.2) is 29.6 Å². The molecule has 0 aliphatic rings. The van der Waals surface area contributed by atoms with Crippen molar-refractivity contribution in [2.45, 2.75) is 13.8 Å². The first-order valence-corrected chi connectivity index (χ1v) is 7.65. The lowest BCUT2D eigenvalue weighted by Crippen LogP contribution is -1.97. The molecule has 1 aromatic rings. The molecule has 0 aliphatic heterocycles. The van der Waals surface area contributed by atoms with Gasteiger partial charge in [-0.25, -0.2) is 0 Å². The minimum Gasteiger partial charge on any atom is -0.305 e. The third kappa shape index (κ3) is 4.05. The van der Waals surface area contributed by atoms with Crippen LogP contribution in [0, 0.1) is 22.7 Å². The molecular weight excluding hydrogens is 275 g/mol. The highest BCUT2D eigenvalue weighted by molar-refractivity contribution is 7.59. The maximum Gasteiger partial charge on any atom is 0.371 e. The second kappa shape index (κ2) is 7.62. The molecule has 0 heterocycles. The fourth-order valence-electron chi connectivity index (χ4n) is 1.50. The average molecular weight is 290 g/mol. The quantitative estimate of drug-likeness (QED) is 0.589. The number of hydrogen-bond donors (Lipinski definition) is 0. The molecule has 0 spiro atoms. The van der Waals surface area contributed by atoms with E-state index in [0.717, 1.165) is 0 Å². The van der Waals surface area contributed by atoms with E-state index in [2.05, 4.69) is 0 Å². The third-order valence-corrected chi connectivity index (χ3v) is 4.37. The molecule has 104 valence electrons. The molecule has 0 fully saturated rings. The average Bonchev–Trinajstić information content (AvgIpc) is 2.45. The van der Waals surface area contributed by atoms with Gasteiger partial charge in [-0.1, -0.05) is 12.1 Å². The van der Waals surface area contributed by atoms with Crippen molar-refractivity contribution in [3.8, 4) is 12.1 Å². The molecule has 0 unspecified atom stereocenters. The molecule has 0 amide bonds. The van der Waals surface area contributed by atoms with Gasteiger partial charge in [0.15, 0.2) is 0 Å². The van der Waals surface area contributed by atoms with Gasteiger partial charge in [0.05, 0.1) is 24.8 Å². The van der Waals surface area contributed by atoms with Gasteiger partial charge in [-0.15, -0.1) is 0 Å². The highest BCUT2D eigenvalue weighted by Crippen LogP contribution is 2.56. The predicted molar refractivity (Wildman–Crippen MR) is 75.6 cm³/mol. The van der Waals surface area contributed by atoms with Crippen LogP contribution in [0.25, 0.3) is 6.08 Å². The van der Waals surface area contributed by atoms with Crippen LogP contribution in [0.4, 0.5) is 0 Å². The first-order chi connectivity index (χ1) is 9.59. The largest absolute Gasteiger partial charge is 0.371 e. The van der Waals surface area contributed by atoms with Crippen molar-refractivity contribution in [2.75, 3.05) is 13.2 Å². The maximum absolute atomic E-state index is 12.5. The first kappa shape index (κ1) is 16.1. The van der Waals surface area contributed by atoms with Gasteiger partial charge in [0.25, 0.3) is 0 Å². The Balaban J connectivity index is 3.16. The van der Waals surface area contributed by atoms with E-state index in [0.29, 0.717) is 11.1 Å². The summed E-state index contributed by atoms with van der Waals surface area (Å²) < 4.78 is 22.7. The van der Waals surface area contributed by atoms with Gasteiger partial charge in [-0.3, -0.25) is 4.57 Å². The highest BCUT2D eigenvalue weighted by atomic mass is 31.2. The van der Waals surface area contributed by atoms with Crippen LogP contribution >= 0.6 is 7.60 Å². The molecule has 0 radical (unpaired) electrons. The van der Waals surface area contributed by atoms with E-state index in [9.17, 15) is 9.83 Å². The summed E-state index contributed by atoms with van der Waals surface area (Å²) in [5, 5.41) is 17.8. The summed E-state index contributed by atoms with van der Waals surface area (Å²) in [4.78, 5) is 0. The second-order valence-electron chi connectivity index (χ2n) is 3.71. The van der Waals surface area contributed by atoms with Gasteiger partial charge in [0, 0.05) is 0 Å². The van der Waals surface area contributed by atoms with Crippen molar-refractivity contribution in [3.63, 3.8) is 0 Å². The van der Waals surface area contributed by atoms with E-state index < -0.39 is 7.60 Å². The van der Waals surface area contributed by atoms with Gasteiger partial charge in [0.2, 0.25) is 0 Å². The molecule has 1 aromatic carbocycles. The van der Waals surface area contributed by atoms with Crippen molar-refractivity contribution in [1.29, 1.82) is 10.5 Å². The predicted octanol–water partition coefficient (Wildman–Crippen LogP) is 3.69. The summed E-state index contributed by atoms with van der Waals surface area (Å²) in [6, 6.07) is 10.4. The first-order valence-electron chi connectivity index (χ1n) is 6.11. The molecule has 0 aliphatic carbocycles. The van der Waals surface area contributed by atoms with Crippen molar-refractivity contribution in [3.05, 3.63) is 40.7 Å². The minimum atomic E-state index is -3.58. The Hall–Kier alpha value is -1.91. The summed E-state index contributed by atoms with van der Waals surface area (Å²) >= 11 is 0. The Morgan fingerprint density at radius 1 is 1.20 bits per heavy atom. The molecule has 5 nitrogen and oxygen atoms in total. The second-order valence-corrected chi connectivity index (χ2v) is 5.70. The highest BCUT2D eigenvalue weighted by Gasteiger charge is 2.29. The molecule has 6 heteroatoms. The number of rotatable bonds is 6. The number of allylic oxidation sites excluding steroid dienone is 1. The smallest absolute Gasteiger partial charge is 0.305 e. The van der Waals surface area contributed by atoms with Crippen molar-refractivity contribution < 1.29 is 13.6 Å². The molecule has 0 bridgehead atoms. The fourth-order valence-corrected chi connectivity index (χ4v) is 2.96. The van der Waals surface area contributed by atoms with Crippen molar-refractivity contribution in [1.82, 2.24) is 0 Å². The monoisotopic (exact) mass is 290 g/mol. The summed E-state index contributed by atoms with van der Waals surface area (Å²) in [5.41, 5.74) is 1.17. The molecule has 0 N–H and O–H groups in total. The van der Waals surface area contributed by atoms with Crippen molar-refractivity contribution in [2.24, 2.45) is 0 Å². The van der Waals surface area contributed by atoms with Gasteiger partial charge >= 0.3 is 7.60 Å². The van der Waals surface area contributed by atoms with Crippen LogP contribution < -0.4 is 0 Å². The lowest BCUT2D eigenvalue weighted by Gasteiger charge is -2.15. The van der Waals surface area contributed by atoms with Gasteiger partial charge in [-0.05, 0) is 37.6 Å². The zero-order chi connectivity index (χ0) is 15.0. The Morgan fingerprint density at radius 3 is 2.15 bits per heavy atom. The molecule has 1 rings (SSSR count). The SMILES string of the molecule is CCOP(=O)(OCC)/C(C#N)=C/c1ccc(C#N)cc1. The fraction of sp³-hybridized carbons (Fsp3) is 0.286. The topological polar surface area (TPSA) is 83.1 Å². The van der Waals surface area contributed by atoms with Gasteiger partial charge < -0.3 is 9.05 Å². The number of hydrogen-bond acceptors (Lipinski definition) is 5. The van der Waals surface area contributed by atoms with E-state index in [1.54, 1.807) is 38.1 Å². The van der Waals surface area contributed by atoms with E-state index in [1.807, 2.05) is 12.1 Å². The zero-order valence-electron chi connectivity index (χ0n) is 11.4. The van der Waals surface area contributed by atoms with Gasteiger partial charge in [0.1, 0.15) is 11.4 Å². The Labute approximate surface area is 118 Å². The number of benzene rings is 1. The standard InChI is InChI=1S/C14H15N2O3P/c1-3-18-20(17,19-4-2)14(11-16)9-12-5-7-13(10-15)8-6-12/h5-9H,3-4H2,1-2H3/b14-9+. The number of nitriles is 2. The Bertz CT molecular complexity index is 599. The molecule has 0 atom stereocenters. The van der Waals surface area contributed by atoms with Gasteiger partial charge in [-0.2, -0.15) is 10.5 Å². The van der Waals surface area contributed by atoms with Crippen LogP contribution in [0.3, 0.4) is 0 Å². The summed E-state index contributed by atoms with van der Waals surface area (Å²) in [7, 11) is -3.58. The maximum atomic E-state index is 12.5. The summed E-state index contributed by atoms with van der Waals surface area (Å²) in [6.45, 7) is 3.73. The summed E-state index contributed by atoms with van der Waals surface area (Å²) in [5.74, 6) is 0. The normalized spacial score (nSPS) is 11.7. The van der Waals surface area contributed by atoms with Crippen molar-refractivity contribution >= 4 is 13.7 Å². The van der Waals surface area contributed by atoms with Crippen LogP contribution in [-0.4, -0.2) is 13.2 Å². The third-order valence-electron chi connectivity index (χ3n) is 2.35. The zero-order valence-corrected chi connectivity index (χ0v) is 12.3. The minimum absolute atomic E-state index is 0.0501. The van der Waals surface area contributed by atoms with E-state index >= 15 is 0 Å². The van der Waals surface area contributed by atoms with E-state index in [-0.39, 0.29) is 18.5 Å². The molecule has 0 aromatic heterocycles.